The summed E-state index contributed by atoms with van der Waals surface area (Å²) < 4.78 is 5.58. The molecule has 1 atom stereocenters. The fourth-order valence-electron chi connectivity index (χ4n) is 2.54. The lowest BCUT2D eigenvalue weighted by Crippen LogP contribution is -2.49. The number of benzene rings is 1. The second kappa shape index (κ2) is 6.94. The lowest BCUT2D eigenvalue weighted by Gasteiger charge is -2.36. The highest BCUT2D eigenvalue weighted by atomic mass is 16.6. The largest absolute Gasteiger partial charge is 0.444 e. The zero-order valence-corrected chi connectivity index (χ0v) is 13.3. The molecule has 21 heavy (non-hydrogen) atoms. The molecule has 0 bridgehead atoms. The quantitative estimate of drug-likeness (QED) is 0.929. The van der Waals surface area contributed by atoms with Crippen molar-refractivity contribution in [3.63, 3.8) is 0 Å². The summed E-state index contributed by atoms with van der Waals surface area (Å²) in [4.78, 5) is 14.4. The van der Waals surface area contributed by atoms with Crippen molar-refractivity contribution in [2.75, 3.05) is 13.1 Å². The first-order chi connectivity index (χ1) is 9.96. The van der Waals surface area contributed by atoms with Crippen LogP contribution in [0.5, 0.6) is 0 Å². The highest BCUT2D eigenvalue weighted by Gasteiger charge is 2.29. The molecule has 1 saturated heterocycles. The molecule has 1 fully saturated rings. The van der Waals surface area contributed by atoms with Gasteiger partial charge in [0.1, 0.15) is 5.60 Å². The first-order valence-electron chi connectivity index (χ1n) is 7.70. The maximum absolute atomic E-state index is 12.5. The minimum absolute atomic E-state index is 0.203. The van der Waals surface area contributed by atoms with E-state index in [0.29, 0.717) is 6.54 Å². The number of nitrogens with one attached hydrogen (secondary N) is 1. The topological polar surface area (TPSA) is 41.6 Å². The highest BCUT2D eigenvalue weighted by molar-refractivity contribution is 5.68. The molecule has 1 aliphatic heterocycles. The second-order valence-electron chi connectivity index (χ2n) is 6.59. The molecule has 1 aromatic carbocycles. The van der Waals surface area contributed by atoms with Crippen molar-refractivity contribution in [3.05, 3.63) is 35.9 Å². The van der Waals surface area contributed by atoms with Crippen molar-refractivity contribution < 1.29 is 9.53 Å². The van der Waals surface area contributed by atoms with Gasteiger partial charge in [0.15, 0.2) is 0 Å². The molecule has 116 valence electrons. The van der Waals surface area contributed by atoms with Gasteiger partial charge in [-0.15, -0.1) is 0 Å². The lowest BCUT2D eigenvalue weighted by molar-refractivity contribution is 0.0114. The molecule has 1 heterocycles. The van der Waals surface area contributed by atoms with E-state index >= 15 is 0 Å². The van der Waals surface area contributed by atoms with Crippen molar-refractivity contribution in [2.45, 2.75) is 51.8 Å². The van der Waals surface area contributed by atoms with E-state index < -0.39 is 5.60 Å². The normalized spacial score (nSPS) is 19.1. The van der Waals surface area contributed by atoms with Crippen LogP contribution in [0.3, 0.4) is 0 Å². The minimum Gasteiger partial charge on any atom is -0.444 e. The molecule has 4 nitrogen and oxygen atoms in total. The third-order valence-corrected chi connectivity index (χ3v) is 3.54. The van der Waals surface area contributed by atoms with E-state index in [2.05, 4.69) is 5.32 Å². The number of nitrogens with zero attached hydrogens (tertiary/aromatic N) is 1. The van der Waals surface area contributed by atoms with Crippen LogP contribution in [0.4, 0.5) is 4.79 Å². The van der Waals surface area contributed by atoms with Gasteiger partial charge in [0, 0.05) is 19.1 Å². The number of carbonyl (C=O) groups excluding carboxylic acids is 1. The van der Waals surface area contributed by atoms with Gasteiger partial charge in [-0.05, 0) is 45.7 Å². The lowest BCUT2D eigenvalue weighted by atomic mass is 10.1. The van der Waals surface area contributed by atoms with Gasteiger partial charge in [-0.25, -0.2) is 4.79 Å². The van der Waals surface area contributed by atoms with Crippen molar-refractivity contribution >= 4 is 6.09 Å². The molecule has 1 N–H and O–H groups in total. The summed E-state index contributed by atoms with van der Waals surface area (Å²) in [6.45, 7) is 8.19. The Morgan fingerprint density at radius 2 is 2.05 bits per heavy atom. The molecule has 0 saturated carbocycles. The zero-order valence-electron chi connectivity index (χ0n) is 13.3. The maximum Gasteiger partial charge on any atom is 0.410 e. The Labute approximate surface area is 127 Å². The van der Waals surface area contributed by atoms with E-state index in [-0.39, 0.29) is 12.1 Å². The van der Waals surface area contributed by atoms with Crippen LogP contribution in [-0.4, -0.2) is 35.7 Å². The van der Waals surface area contributed by atoms with Gasteiger partial charge in [0.2, 0.25) is 0 Å². The summed E-state index contributed by atoms with van der Waals surface area (Å²) in [6.07, 6.45) is 1.90. The first-order valence-corrected chi connectivity index (χ1v) is 7.70. The molecule has 2 rings (SSSR count). The minimum atomic E-state index is -0.464. The summed E-state index contributed by atoms with van der Waals surface area (Å²) in [5.74, 6) is 0. The molecule has 4 heteroatoms. The summed E-state index contributed by atoms with van der Waals surface area (Å²) in [5.41, 5.74) is 0.669. The third-order valence-electron chi connectivity index (χ3n) is 3.54. The molecule has 0 aliphatic carbocycles. The van der Waals surface area contributed by atoms with Gasteiger partial charge in [-0.1, -0.05) is 30.3 Å². The number of hydrogen-bond acceptors (Lipinski definition) is 3. The third kappa shape index (κ3) is 5.05. The molecular weight excluding hydrogens is 264 g/mol. The smallest absolute Gasteiger partial charge is 0.410 e. The van der Waals surface area contributed by atoms with Gasteiger partial charge in [-0.2, -0.15) is 0 Å². The van der Waals surface area contributed by atoms with Crippen molar-refractivity contribution in [3.8, 4) is 0 Å². The second-order valence-corrected chi connectivity index (χ2v) is 6.59. The van der Waals surface area contributed by atoms with Gasteiger partial charge in [-0.3, -0.25) is 4.90 Å². The summed E-state index contributed by atoms with van der Waals surface area (Å²) in [6, 6.07) is 10.3. The van der Waals surface area contributed by atoms with E-state index in [1.807, 2.05) is 56.0 Å². The van der Waals surface area contributed by atoms with E-state index in [1.54, 1.807) is 0 Å². The predicted octanol–water partition coefficient (Wildman–Crippen LogP) is 3.18. The molecule has 1 aromatic rings. The number of ether oxygens (including phenoxy) is 1. The Hall–Kier alpha value is -1.55. The summed E-state index contributed by atoms with van der Waals surface area (Å²) in [7, 11) is 0. The fraction of sp³-hybridized carbons (Fsp3) is 0.588. The Bertz CT molecular complexity index is 448. The van der Waals surface area contributed by atoms with Crippen LogP contribution in [0.15, 0.2) is 30.3 Å². The van der Waals surface area contributed by atoms with Crippen LogP contribution >= 0.6 is 0 Å². The van der Waals surface area contributed by atoms with Crippen LogP contribution in [0.1, 0.15) is 39.2 Å². The Morgan fingerprint density at radius 1 is 1.33 bits per heavy atom. The van der Waals surface area contributed by atoms with Crippen LogP contribution in [0, 0.1) is 0 Å². The van der Waals surface area contributed by atoms with E-state index in [0.717, 1.165) is 31.5 Å². The van der Waals surface area contributed by atoms with Gasteiger partial charge in [0.25, 0.3) is 0 Å². The van der Waals surface area contributed by atoms with Crippen molar-refractivity contribution in [2.24, 2.45) is 0 Å². The predicted molar refractivity (Wildman–Crippen MR) is 84.1 cm³/mol. The average Bonchev–Trinajstić information content (AvgIpc) is 2.45. The van der Waals surface area contributed by atoms with E-state index in [9.17, 15) is 4.79 Å². The van der Waals surface area contributed by atoms with Crippen LogP contribution in [-0.2, 0) is 11.3 Å². The molecule has 1 aliphatic rings. The van der Waals surface area contributed by atoms with Crippen molar-refractivity contribution in [1.29, 1.82) is 0 Å². The van der Waals surface area contributed by atoms with Crippen LogP contribution in [0.2, 0.25) is 0 Å². The Balaban J connectivity index is 2.11. The monoisotopic (exact) mass is 290 g/mol. The standard InChI is InChI=1S/C17H26N2O2/c1-17(2,3)21-16(20)19(15-10-7-11-18-12-15)13-14-8-5-4-6-9-14/h4-6,8-9,15,18H,7,10-13H2,1-3H3. The fourth-order valence-corrected chi connectivity index (χ4v) is 2.54. The number of amides is 1. The summed E-state index contributed by atoms with van der Waals surface area (Å²) >= 11 is 0. The number of piperidine rings is 1. The maximum atomic E-state index is 12.5. The molecule has 0 spiro atoms. The van der Waals surface area contributed by atoms with Gasteiger partial charge >= 0.3 is 6.09 Å². The Kier molecular flexibility index (Phi) is 5.23. The van der Waals surface area contributed by atoms with Gasteiger partial charge < -0.3 is 10.1 Å². The number of carbonyl (C=O) groups is 1. The molecule has 0 radical (unpaired) electrons. The zero-order chi connectivity index (χ0) is 15.3. The number of hydrogen-bond donors (Lipinski definition) is 1. The van der Waals surface area contributed by atoms with Crippen LogP contribution < -0.4 is 5.32 Å². The average molecular weight is 290 g/mol. The Morgan fingerprint density at radius 3 is 2.62 bits per heavy atom. The SMILES string of the molecule is CC(C)(C)OC(=O)N(Cc1ccccc1)C1CCCNC1. The van der Waals surface area contributed by atoms with E-state index in [1.165, 1.54) is 0 Å². The van der Waals surface area contributed by atoms with Crippen LogP contribution in [0.25, 0.3) is 0 Å². The summed E-state index contributed by atoms with van der Waals surface area (Å²) in [5, 5.41) is 3.37. The highest BCUT2D eigenvalue weighted by Crippen LogP contribution is 2.18. The van der Waals surface area contributed by atoms with E-state index in [4.69, 9.17) is 4.74 Å². The molecule has 1 amide bonds. The molecular formula is C17H26N2O2. The van der Waals surface area contributed by atoms with Crippen molar-refractivity contribution in [1.82, 2.24) is 10.2 Å². The number of rotatable bonds is 3. The molecule has 1 unspecified atom stereocenters. The van der Waals surface area contributed by atoms with Gasteiger partial charge in [0.05, 0.1) is 0 Å². The molecule has 0 aromatic heterocycles. The first kappa shape index (κ1) is 15.8.